The largest absolute Gasteiger partial charge is 0.472 e. The fourth-order valence-electron chi connectivity index (χ4n) is 2.16. The van der Waals surface area contributed by atoms with Gasteiger partial charge in [0.1, 0.15) is 6.26 Å². The van der Waals surface area contributed by atoms with Gasteiger partial charge in [-0.3, -0.25) is 9.59 Å². The van der Waals surface area contributed by atoms with Gasteiger partial charge in [0.25, 0.3) is 0 Å². The van der Waals surface area contributed by atoms with Crippen LogP contribution in [0.5, 0.6) is 0 Å². The molecule has 1 heterocycles. The Labute approximate surface area is 134 Å². The monoisotopic (exact) mass is 310 g/mol. The third kappa shape index (κ3) is 4.30. The van der Waals surface area contributed by atoms with Gasteiger partial charge in [0.2, 0.25) is 5.91 Å². The van der Waals surface area contributed by atoms with Crippen LogP contribution >= 0.6 is 0 Å². The number of anilines is 1. The Morgan fingerprint density at radius 1 is 1.26 bits per heavy atom. The van der Waals surface area contributed by atoms with Crippen molar-refractivity contribution in [3.63, 3.8) is 0 Å². The molecule has 1 aromatic carbocycles. The van der Waals surface area contributed by atoms with Gasteiger partial charge < -0.3 is 9.73 Å². The second-order valence-corrected chi connectivity index (χ2v) is 5.23. The summed E-state index contributed by atoms with van der Waals surface area (Å²) in [6.45, 7) is 2.13. The first-order chi connectivity index (χ1) is 11.2. The lowest BCUT2D eigenvalue weighted by atomic mass is 10.00. The van der Waals surface area contributed by atoms with Crippen molar-refractivity contribution in [1.29, 1.82) is 5.26 Å². The maximum absolute atomic E-state index is 12.2. The number of amides is 1. The van der Waals surface area contributed by atoms with Gasteiger partial charge in [-0.05, 0) is 36.6 Å². The first-order valence-electron chi connectivity index (χ1n) is 7.51. The van der Waals surface area contributed by atoms with Crippen molar-refractivity contribution in [2.45, 2.75) is 26.2 Å². The third-order valence-electron chi connectivity index (χ3n) is 3.50. The highest BCUT2D eigenvalue weighted by molar-refractivity contribution is 6.15. The van der Waals surface area contributed by atoms with Crippen molar-refractivity contribution in [3.8, 4) is 6.07 Å². The van der Waals surface area contributed by atoms with E-state index in [1.54, 1.807) is 18.2 Å². The van der Waals surface area contributed by atoms with Crippen LogP contribution in [-0.4, -0.2) is 11.7 Å². The summed E-state index contributed by atoms with van der Waals surface area (Å²) in [6, 6.07) is 10.6. The van der Waals surface area contributed by atoms with Crippen molar-refractivity contribution in [3.05, 3.63) is 54.0 Å². The molecular formula is C18H18N2O3. The molecule has 0 aliphatic rings. The lowest BCUT2D eigenvalue weighted by Gasteiger charge is -2.09. The van der Waals surface area contributed by atoms with E-state index in [2.05, 4.69) is 12.2 Å². The topological polar surface area (TPSA) is 83.1 Å². The fourth-order valence-corrected chi connectivity index (χ4v) is 2.16. The van der Waals surface area contributed by atoms with Gasteiger partial charge in [-0.2, -0.15) is 5.26 Å². The molecule has 0 aliphatic carbocycles. The predicted octanol–water partition coefficient (Wildman–Crippen LogP) is 3.58. The number of benzene rings is 1. The minimum atomic E-state index is -1.40. The van der Waals surface area contributed by atoms with Gasteiger partial charge in [-0.25, -0.2) is 0 Å². The number of aryl methyl sites for hydroxylation is 1. The van der Waals surface area contributed by atoms with Crippen molar-refractivity contribution < 1.29 is 14.0 Å². The number of ketones is 1. The number of nitrogens with zero attached hydrogens (tertiary/aromatic N) is 1. The van der Waals surface area contributed by atoms with Crippen LogP contribution in [0.25, 0.3) is 0 Å². The summed E-state index contributed by atoms with van der Waals surface area (Å²) in [7, 11) is 0. The zero-order valence-corrected chi connectivity index (χ0v) is 12.9. The van der Waals surface area contributed by atoms with Crippen molar-refractivity contribution >= 4 is 17.4 Å². The molecule has 0 unspecified atom stereocenters. The molecule has 5 heteroatoms. The standard InChI is InChI=1S/C18H18N2O3/c1-2-3-4-13-5-7-15(8-6-13)20-18(22)16(11-19)17(21)14-9-10-23-12-14/h5-10,12,16H,2-4H2,1H3,(H,20,22)/t16-/m1/s1. The van der Waals surface area contributed by atoms with E-state index in [9.17, 15) is 9.59 Å². The molecule has 118 valence electrons. The minimum absolute atomic E-state index is 0.210. The van der Waals surface area contributed by atoms with Crippen molar-refractivity contribution in [2.75, 3.05) is 5.32 Å². The SMILES string of the molecule is CCCCc1ccc(NC(=O)[C@H](C#N)C(=O)c2ccoc2)cc1. The van der Waals surface area contributed by atoms with E-state index < -0.39 is 17.6 Å². The maximum atomic E-state index is 12.2. The number of hydrogen-bond acceptors (Lipinski definition) is 4. The van der Waals surface area contributed by atoms with Crippen molar-refractivity contribution in [2.24, 2.45) is 5.92 Å². The Hall–Kier alpha value is -2.87. The molecule has 0 saturated carbocycles. The Kier molecular flexibility index (Phi) is 5.70. The zero-order valence-electron chi connectivity index (χ0n) is 12.9. The molecular weight excluding hydrogens is 292 g/mol. The van der Waals surface area contributed by atoms with E-state index in [-0.39, 0.29) is 5.56 Å². The average Bonchev–Trinajstić information content (AvgIpc) is 3.09. The average molecular weight is 310 g/mol. The van der Waals surface area contributed by atoms with E-state index in [1.165, 1.54) is 24.2 Å². The van der Waals surface area contributed by atoms with E-state index in [4.69, 9.17) is 9.68 Å². The van der Waals surface area contributed by atoms with Gasteiger partial charge in [-0.15, -0.1) is 0 Å². The fraction of sp³-hybridized carbons (Fsp3) is 0.278. The van der Waals surface area contributed by atoms with Crippen LogP contribution in [0.2, 0.25) is 0 Å². The molecule has 0 radical (unpaired) electrons. The number of nitriles is 1. The highest BCUT2D eigenvalue weighted by Gasteiger charge is 2.28. The lowest BCUT2D eigenvalue weighted by Crippen LogP contribution is -2.28. The van der Waals surface area contributed by atoms with E-state index in [0.717, 1.165) is 19.3 Å². The molecule has 0 aliphatic heterocycles. The number of carbonyl (C=O) groups excluding carboxylic acids is 2. The summed E-state index contributed by atoms with van der Waals surface area (Å²) < 4.78 is 4.81. The Morgan fingerprint density at radius 2 is 2.00 bits per heavy atom. The quantitative estimate of drug-likeness (QED) is 0.626. The van der Waals surface area contributed by atoms with Gasteiger partial charge in [-0.1, -0.05) is 25.5 Å². The summed E-state index contributed by atoms with van der Waals surface area (Å²) in [4.78, 5) is 24.2. The second kappa shape index (κ2) is 7.95. The number of carbonyl (C=O) groups is 2. The Morgan fingerprint density at radius 3 is 2.57 bits per heavy atom. The van der Waals surface area contributed by atoms with Gasteiger partial charge in [0, 0.05) is 5.69 Å². The zero-order chi connectivity index (χ0) is 16.7. The Balaban J connectivity index is 2.02. The van der Waals surface area contributed by atoms with Gasteiger partial charge in [0.15, 0.2) is 11.7 Å². The molecule has 2 aromatic rings. The summed E-state index contributed by atoms with van der Waals surface area (Å²) in [5, 5.41) is 11.7. The van der Waals surface area contributed by atoms with E-state index in [1.807, 2.05) is 12.1 Å². The summed E-state index contributed by atoms with van der Waals surface area (Å²) in [5.41, 5.74) is 1.97. The molecule has 23 heavy (non-hydrogen) atoms. The van der Waals surface area contributed by atoms with Gasteiger partial charge in [0.05, 0.1) is 17.9 Å². The van der Waals surface area contributed by atoms with Crippen LogP contribution in [0, 0.1) is 17.2 Å². The molecule has 1 atom stereocenters. The number of nitrogens with one attached hydrogen (secondary N) is 1. The van der Waals surface area contributed by atoms with E-state index >= 15 is 0 Å². The van der Waals surface area contributed by atoms with Crippen molar-refractivity contribution in [1.82, 2.24) is 0 Å². The van der Waals surface area contributed by atoms with E-state index in [0.29, 0.717) is 5.69 Å². The van der Waals surface area contributed by atoms with Crippen LogP contribution in [0.4, 0.5) is 5.69 Å². The molecule has 1 N–H and O–H groups in total. The summed E-state index contributed by atoms with van der Waals surface area (Å²) in [5.74, 6) is -2.61. The first-order valence-corrected chi connectivity index (χ1v) is 7.51. The van der Waals surface area contributed by atoms with Crippen LogP contribution in [0.15, 0.2) is 47.3 Å². The maximum Gasteiger partial charge on any atom is 0.249 e. The molecule has 5 nitrogen and oxygen atoms in total. The summed E-state index contributed by atoms with van der Waals surface area (Å²) >= 11 is 0. The molecule has 1 amide bonds. The first kappa shape index (κ1) is 16.5. The molecule has 0 saturated heterocycles. The minimum Gasteiger partial charge on any atom is -0.472 e. The molecule has 0 spiro atoms. The highest BCUT2D eigenvalue weighted by atomic mass is 16.3. The lowest BCUT2D eigenvalue weighted by molar-refractivity contribution is -0.117. The smallest absolute Gasteiger partial charge is 0.249 e. The Bertz CT molecular complexity index is 697. The third-order valence-corrected chi connectivity index (χ3v) is 3.50. The van der Waals surface area contributed by atoms with Crippen LogP contribution in [-0.2, 0) is 11.2 Å². The second-order valence-electron chi connectivity index (χ2n) is 5.23. The van der Waals surface area contributed by atoms with Crippen LogP contribution < -0.4 is 5.32 Å². The van der Waals surface area contributed by atoms with Gasteiger partial charge >= 0.3 is 0 Å². The van der Waals surface area contributed by atoms with Crippen LogP contribution in [0.1, 0.15) is 35.7 Å². The number of Topliss-reactive ketones (excluding diaryl/α,β-unsaturated/α-hetero) is 1. The number of unbranched alkanes of at least 4 members (excludes halogenated alkanes) is 1. The molecule has 0 bridgehead atoms. The predicted molar refractivity (Wildman–Crippen MR) is 85.8 cm³/mol. The highest BCUT2D eigenvalue weighted by Crippen LogP contribution is 2.15. The summed E-state index contributed by atoms with van der Waals surface area (Å²) in [6.07, 6.45) is 5.78. The normalized spacial score (nSPS) is 11.5. The number of rotatable bonds is 7. The molecule has 2 rings (SSSR count). The van der Waals surface area contributed by atoms with Crippen LogP contribution in [0.3, 0.4) is 0 Å². The molecule has 1 aromatic heterocycles. The molecule has 0 fully saturated rings. The number of hydrogen-bond donors (Lipinski definition) is 1. The number of furan rings is 1.